The van der Waals surface area contributed by atoms with E-state index in [4.69, 9.17) is 4.74 Å². The number of nitrogens with one attached hydrogen (secondary N) is 2. The van der Waals surface area contributed by atoms with Crippen molar-refractivity contribution in [3.8, 4) is 5.75 Å². The van der Waals surface area contributed by atoms with Gasteiger partial charge >= 0.3 is 0 Å². The van der Waals surface area contributed by atoms with Gasteiger partial charge in [-0.05, 0) is 39.2 Å². The molecule has 0 saturated carbocycles. The fourth-order valence-corrected chi connectivity index (χ4v) is 1.72. The number of thioether (sulfide) groups is 1. The summed E-state index contributed by atoms with van der Waals surface area (Å²) in [5, 5.41) is 6.54. The highest BCUT2D eigenvalue weighted by atomic mass is 32.2. The highest BCUT2D eigenvalue weighted by Crippen LogP contribution is 2.20. The molecule has 2 N–H and O–H groups in total. The standard InChI is InChI=1S/C16H27N3OS/c1-5-17-15(19-13-16(2,3)21-4)18-11-12-20-14-9-7-6-8-10-14/h6-10H,5,11-13H2,1-4H3,(H2,17,18,19). The zero-order valence-corrected chi connectivity index (χ0v) is 14.3. The highest BCUT2D eigenvalue weighted by Gasteiger charge is 2.15. The van der Waals surface area contributed by atoms with Crippen molar-refractivity contribution in [3.63, 3.8) is 0 Å². The summed E-state index contributed by atoms with van der Waals surface area (Å²) < 4.78 is 5.81. The Kier molecular flexibility index (Phi) is 8.05. The maximum atomic E-state index is 5.65. The van der Waals surface area contributed by atoms with Gasteiger partial charge in [-0.1, -0.05) is 18.2 Å². The van der Waals surface area contributed by atoms with Gasteiger partial charge in [-0.2, -0.15) is 11.8 Å². The lowest BCUT2D eigenvalue weighted by atomic mass is 10.2. The molecule has 1 aromatic rings. The Morgan fingerprint density at radius 2 is 1.95 bits per heavy atom. The average Bonchev–Trinajstić information content (AvgIpc) is 2.50. The number of rotatable bonds is 8. The van der Waals surface area contributed by atoms with Gasteiger partial charge in [0.25, 0.3) is 0 Å². The molecule has 0 amide bonds. The predicted octanol–water partition coefficient (Wildman–Crippen LogP) is 2.76. The van der Waals surface area contributed by atoms with Gasteiger partial charge in [0.2, 0.25) is 0 Å². The molecule has 0 bridgehead atoms. The summed E-state index contributed by atoms with van der Waals surface area (Å²) in [5.41, 5.74) is 0. The molecule has 21 heavy (non-hydrogen) atoms. The number of nitrogens with zero attached hydrogens (tertiary/aromatic N) is 1. The molecular formula is C16H27N3OS. The van der Waals surface area contributed by atoms with Crippen LogP contribution in [0.5, 0.6) is 5.75 Å². The summed E-state index contributed by atoms with van der Waals surface area (Å²) >= 11 is 1.83. The molecule has 5 heteroatoms. The maximum Gasteiger partial charge on any atom is 0.191 e. The Labute approximate surface area is 132 Å². The van der Waals surface area contributed by atoms with Gasteiger partial charge in [0, 0.05) is 11.3 Å². The minimum Gasteiger partial charge on any atom is -0.492 e. The minimum absolute atomic E-state index is 0.156. The number of guanidine groups is 1. The maximum absolute atomic E-state index is 5.65. The summed E-state index contributed by atoms with van der Waals surface area (Å²) in [5.74, 6) is 1.74. The van der Waals surface area contributed by atoms with Crippen molar-refractivity contribution in [2.45, 2.75) is 25.5 Å². The number of aliphatic imine (C=N–C) groups is 1. The van der Waals surface area contributed by atoms with Crippen LogP contribution in [-0.2, 0) is 0 Å². The van der Waals surface area contributed by atoms with Crippen molar-refractivity contribution in [1.29, 1.82) is 0 Å². The first kappa shape index (κ1) is 17.7. The SMILES string of the molecule is CCNC(=NCC(C)(C)SC)NCCOc1ccccc1. The second kappa shape index (κ2) is 9.55. The molecular weight excluding hydrogens is 282 g/mol. The van der Waals surface area contributed by atoms with E-state index in [1.54, 1.807) is 0 Å². The van der Waals surface area contributed by atoms with Crippen LogP contribution in [-0.4, -0.2) is 43.2 Å². The third-order valence-electron chi connectivity index (χ3n) is 2.92. The Bertz CT molecular complexity index is 421. The molecule has 0 atom stereocenters. The fraction of sp³-hybridized carbons (Fsp3) is 0.562. The molecule has 4 nitrogen and oxygen atoms in total. The van der Waals surface area contributed by atoms with Crippen LogP contribution in [0.2, 0.25) is 0 Å². The van der Waals surface area contributed by atoms with E-state index in [2.05, 4.69) is 42.7 Å². The average molecular weight is 309 g/mol. The summed E-state index contributed by atoms with van der Waals surface area (Å²) in [6.45, 7) is 9.43. The first-order valence-electron chi connectivity index (χ1n) is 7.32. The Morgan fingerprint density at radius 1 is 1.24 bits per heavy atom. The number of hydrogen-bond donors (Lipinski definition) is 2. The van der Waals surface area contributed by atoms with E-state index in [0.29, 0.717) is 6.61 Å². The van der Waals surface area contributed by atoms with Crippen molar-refractivity contribution >= 4 is 17.7 Å². The van der Waals surface area contributed by atoms with E-state index in [1.807, 2.05) is 42.1 Å². The largest absolute Gasteiger partial charge is 0.492 e. The lowest BCUT2D eigenvalue weighted by molar-refractivity contribution is 0.322. The molecule has 0 radical (unpaired) electrons. The van der Waals surface area contributed by atoms with Crippen LogP contribution in [0.3, 0.4) is 0 Å². The zero-order valence-electron chi connectivity index (χ0n) is 13.5. The first-order chi connectivity index (χ1) is 10.1. The van der Waals surface area contributed by atoms with Crippen molar-refractivity contribution in [2.24, 2.45) is 4.99 Å². The highest BCUT2D eigenvalue weighted by molar-refractivity contribution is 7.99. The molecule has 1 rings (SSSR count). The minimum atomic E-state index is 0.156. The fourth-order valence-electron chi connectivity index (χ4n) is 1.53. The lowest BCUT2D eigenvalue weighted by Crippen LogP contribution is -2.40. The van der Waals surface area contributed by atoms with E-state index < -0.39 is 0 Å². The van der Waals surface area contributed by atoms with E-state index in [-0.39, 0.29) is 4.75 Å². The Balaban J connectivity index is 2.35. The summed E-state index contributed by atoms with van der Waals surface area (Å²) in [6.07, 6.45) is 2.11. The molecule has 0 aliphatic heterocycles. The second-order valence-corrected chi connectivity index (χ2v) is 6.76. The van der Waals surface area contributed by atoms with Gasteiger partial charge in [0.05, 0.1) is 13.1 Å². The zero-order chi connectivity index (χ0) is 15.6. The van der Waals surface area contributed by atoms with E-state index in [1.165, 1.54) is 0 Å². The van der Waals surface area contributed by atoms with E-state index in [0.717, 1.165) is 31.3 Å². The first-order valence-corrected chi connectivity index (χ1v) is 8.55. The quantitative estimate of drug-likeness (QED) is 0.440. The third kappa shape index (κ3) is 7.85. The number of benzene rings is 1. The van der Waals surface area contributed by atoms with Gasteiger partial charge < -0.3 is 15.4 Å². The van der Waals surface area contributed by atoms with Gasteiger partial charge in [-0.25, -0.2) is 0 Å². The van der Waals surface area contributed by atoms with Crippen molar-refractivity contribution < 1.29 is 4.74 Å². The number of para-hydroxylation sites is 1. The monoisotopic (exact) mass is 309 g/mol. The molecule has 0 aliphatic rings. The van der Waals surface area contributed by atoms with Gasteiger partial charge in [0.1, 0.15) is 12.4 Å². The van der Waals surface area contributed by atoms with Crippen LogP contribution in [0, 0.1) is 0 Å². The molecule has 0 aliphatic carbocycles. The van der Waals surface area contributed by atoms with Gasteiger partial charge in [0.15, 0.2) is 5.96 Å². The van der Waals surface area contributed by atoms with Crippen LogP contribution in [0.15, 0.2) is 35.3 Å². The Hall–Kier alpha value is -1.36. The van der Waals surface area contributed by atoms with Crippen molar-refractivity contribution in [1.82, 2.24) is 10.6 Å². The number of ether oxygens (including phenoxy) is 1. The molecule has 0 aromatic heterocycles. The van der Waals surface area contributed by atoms with Gasteiger partial charge in [-0.15, -0.1) is 0 Å². The summed E-state index contributed by atoms with van der Waals surface area (Å²) in [6, 6.07) is 9.84. The van der Waals surface area contributed by atoms with Crippen LogP contribution >= 0.6 is 11.8 Å². The molecule has 0 saturated heterocycles. The second-order valence-electron chi connectivity index (χ2n) is 5.25. The van der Waals surface area contributed by atoms with E-state index >= 15 is 0 Å². The normalized spacial score (nSPS) is 12.1. The van der Waals surface area contributed by atoms with Crippen LogP contribution in [0.4, 0.5) is 0 Å². The van der Waals surface area contributed by atoms with E-state index in [9.17, 15) is 0 Å². The predicted molar refractivity (Wildman–Crippen MR) is 93.5 cm³/mol. The van der Waals surface area contributed by atoms with Crippen LogP contribution in [0.1, 0.15) is 20.8 Å². The number of hydrogen-bond acceptors (Lipinski definition) is 3. The smallest absolute Gasteiger partial charge is 0.191 e. The van der Waals surface area contributed by atoms with Crippen LogP contribution in [0.25, 0.3) is 0 Å². The summed E-state index contributed by atoms with van der Waals surface area (Å²) in [7, 11) is 0. The van der Waals surface area contributed by atoms with Crippen molar-refractivity contribution in [3.05, 3.63) is 30.3 Å². The Morgan fingerprint density at radius 3 is 2.57 bits per heavy atom. The molecule has 0 heterocycles. The molecule has 0 unspecified atom stereocenters. The topological polar surface area (TPSA) is 45.7 Å². The molecule has 118 valence electrons. The van der Waals surface area contributed by atoms with Crippen LogP contribution < -0.4 is 15.4 Å². The van der Waals surface area contributed by atoms with Gasteiger partial charge in [-0.3, -0.25) is 4.99 Å². The molecule has 0 fully saturated rings. The molecule has 0 spiro atoms. The third-order valence-corrected chi connectivity index (χ3v) is 4.16. The van der Waals surface area contributed by atoms with Crippen molar-refractivity contribution in [2.75, 3.05) is 32.5 Å². The molecule has 1 aromatic carbocycles. The lowest BCUT2D eigenvalue weighted by Gasteiger charge is -2.20. The summed E-state index contributed by atoms with van der Waals surface area (Å²) in [4.78, 5) is 4.62.